The molecule has 1 aromatic heterocycles. The average molecular weight is 346 g/mol. The minimum Gasteiger partial charge on any atom is -0.350 e. The molecule has 2 aromatic rings. The number of anilines is 1. The third-order valence-corrected chi connectivity index (χ3v) is 4.27. The predicted molar refractivity (Wildman–Crippen MR) is 91.2 cm³/mol. The lowest BCUT2D eigenvalue weighted by molar-refractivity contribution is 0.186. The van der Waals surface area contributed by atoms with E-state index in [1.54, 1.807) is 29.2 Å². The third-order valence-electron chi connectivity index (χ3n) is 4.27. The zero-order valence-corrected chi connectivity index (χ0v) is 14.0. The van der Waals surface area contributed by atoms with Crippen molar-refractivity contribution in [3.8, 4) is 0 Å². The van der Waals surface area contributed by atoms with E-state index in [1.165, 1.54) is 18.2 Å². The highest BCUT2D eigenvalue weighted by Gasteiger charge is 2.27. The van der Waals surface area contributed by atoms with E-state index in [4.69, 9.17) is 0 Å². The molecule has 1 fully saturated rings. The van der Waals surface area contributed by atoms with E-state index in [-0.39, 0.29) is 17.9 Å². The highest BCUT2D eigenvalue weighted by Crippen LogP contribution is 2.18. The van der Waals surface area contributed by atoms with E-state index >= 15 is 0 Å². The molecule has 1 atom stereocenters. The van der Waals surface area contributed by atoms with Gasteiger partial charge in [0, 0.05) is 32.2 Å². The Labute approximate surface area is 145 Å². The zero-order valence-electron chi connectivity index (χ0n) is 14.0. The van der Waals surface area contributed by atoms with Crippen LogP contribution >= 0.6 is 0 Å². The number of nitrogens with zero attached hydrogens (tertiary/aromatic N) is 3. The standard InChI is InChI=1S/C18H20F2N4O/c1-13-12-23(9-10-24(13)17-4-2-3-16(20)22-17)18(25)21-11-14-5-7-15(19)8-6-14/h2-8,13H,9-12H2,1H3,(H,21,25). The number of nitrogens with one attached hydrogen (secondary N) is 1. The first kappa shape index (κ1) is 17.1. The molecular formula is C18H20F2N4O. The molecule has 0 bridgehead atoms. The third kappa shape index (κ3) is 4.23. The molecule has 0 saturated carbocycles. The summed E-state index contributed by atoms with van der Waals surface area (Å²) in [6.07, 6.45) is 0. The van der Waals surface area contributed by atoms with Crippen molar-refractivity contribution in [1.29, 1.82) is 0 Å². The van der Waals surface area contributed by atoms with Gasteiger partial charge in [-0.1, -0.05) is 18.2 Å². The number of hydrogen-bond donors (Lipinski definition) is 1. The summed E-state index contributed by atoms with van der Waals surface area (Å²) in [5.74, 6) is -0.228. The number of piperazine rings is 1. The fourth-order valence-electron chi connectivity index (χ4n) is 2.93. The summed E-state index contributed by atoms with van der Waals surface area (Å²) in [6.45, 7) is 3.96. The van der Waals surface area contributed by atoms with Crippen LogP contribution in [0.1, 0.15) is 12.5 Å². The van der Waals surface area contributed by atoms with Crippen molar-refractivity contribution in [2.45, 2.75) is 19.5 Å². The molecule has 1 aromatic carbocycles. The van der Waals surface area contributed by atoms with Crippen LogP contribution in [0.3, 0.4) is 0 Å². The van der Waals surface area contributed by atoms with Gasteiger partial charge in [0.05, 0.1) is 0 Å². The van der Waals surface area contributed by atoms with Crippen molar-refractivity contribution < 1.29 is 13.6 Å². The number of halogens is 2. The molecule has 25 heavy (non-hydrogen) atoms. The van der Waals surface area contributed by atoms with Crippen LogP contribution in [0.4, 0.5) is 19.4 Å². The Hall–Kier alpha value is -2.70. The minimum atomic E-state index is -0.510. The van der Waals surface area contributed by atoms with Gasteiger partial charge in [0.2, 0.25) is 5.95 Å². The molecule has 0 radical (unpaired) electrons. The van der Waals surface area contributed by atoms with Crippen LogP contribution in [0.25, 0.3) is 0 Å². The lowest BCUT2D eigenvalue weighted by Crippen LogP contribution is -2.56. The van der Waals surface area contributed by atoms with Crippen LogP contribution in [0.5, 0.6) is 0 Å². The smallest absolute Gasteiger partial charge is 0.317 e. The van der Waals surface area contributed by atoms with Crippen molar-refractivity contribution in [2.75, 3.05) is 24.5 Å². The number of carbonyl (C=O) groups is 1. The Morgan fingerprint density at radius 2 is 1.96 bits per heavy atom. The van der Waals surface area contributed by atoms with Crippen LogP contribution in [-0.4, -0.2) is 41.6 Å². The highest BCUT2D eigenvalue weighted by molar-refractivity contribution is 5.74. The second-order valence-electron chi connectivity index (χ2n) is 6.09. The second-order valence-corrected chi connectivity index (χ2v) is 6.09. The van der Waals surface area contributed by atoms with E-state index < -0.39 is 5.95 Å². The van der Waals surface area contributed by atoms with E-state index in [0.717, 1.165) is 5.56 Å². The fourth-order valence-corrected chi connectivity index (χ4v) is 2.93. The lowest BCUT2D eigenvalue weighted by atomic mass is 10.2. The number of pyridine rings is 1. The number of amides is 2. The Balaban J connectivity index is 1.55. The number of rotatable bonds is 3. The molecule has 7 heteroatoms. The summed E-state index contributed by atoms with van der Waals surface area (Å²) in [7, 11) is 0. The molecule has 0 spiro atoms. The monoisotopic (exact) mass is 346 g/mol. The van der Waals surface area contributed by atoms with Gasteiger partial charge in [-0.05, 0) is 36.8 Å². The topological polar surface area (TPSA) is 48.5 Å². The van der Waals surface area contributed by atoms with Crippen LogP contribution in [0.2, 0.25) is 0 Å². The molecule has 0 aliphatic carbocycles. The number of benzene rings is 1. The molecule has 1 saturated heterocycles. The van der Waals surface area contributed by atoms with Gasteiger partial charge < -0.3 is 15.1 Å². The van der Waals surface area contributed by atoms with Crippen molar-refractivity contribution in [1.82, 2.24) is 15.2 Å². The van der Waals surface area contributed by atoms with E-state index in [0.29, 0.717) is 32.0 Å². The Morgan fingerprint density at radius 1 is 1.20 bits per heavy atom. The largest absolute Gasteiger partial charge is 0.350 e. The van der Waals surface area contributed by atoms with Gasteiger partial charge >= 0.3 is 6.03 Å². The van der Waals surface area contributed by atoms with Gasteiger partial charge in [-0.15, -0.1) is 0 Å². The van der Waals surface area contributed by atoms with Crippen molar-refractivity contribution in [3.05, 3.63) is 59.8 Å². The molecule has 2 heterocycles. The van der Waals surface area contributed by atoms with Crippen LogP contribution in [-0.2, 0) is 6.54 Å². The number of carbonyl (C=O) groups excluding carboxylic acids is 1. The number of urea groups is 1. The van der Waals surface area contributed by atoms with Crippen molar-refractivity contribution in [3.63, 3.8) is 0 Å². The summed E-state index contributed by atoms with van der Waals surface area (Å²) in [5.41, 5.74) is 0.838. The lowest BCUT2D eigenvalue weighted by Gasteiger charge is -2.40. The summed E-state index contributed by atoms with van der Waals surface area (Å²) in [5, 5.41) is 2.84. The highest BCUT2D eigenvalue weighted by atomic mass is 19.1. The normalized spacial score (nSPS) is 17.5. The van der Waals surface area contributed by atoms with E-state index in [2.05, 4.69) is 10.3 Å². The molecule has 3 rings (SSSR count). The van der Waals surface area contributed by atoms with Gasteiger partial charge in [-0.3, -0.25) is 0 Å². The zero-order chi connectivity index (χ0) is 17.8. The summed E-state index contributed by atoms with van der Waals surface area (Å²) in [6, 6.07) is 10.6. The summed E-state index contributed by atoms with van der Waals surface area (Å²) >= 11 is 0. The van der Waals surface area contributed by atoms with Gasteiger partial charge in [0.15, 0.2) is 0 Å². The molecule has 1 N–H and O–H groups in total. The van der Waals surface area contributed by atoms with E-state index in [9.17, 15) is 13.6 Å². The van der Waals surface area contributed by atoms with Crippen molar-refractivity contribution >= 4 is 11.8 Å². The van der Waals surface area contributed by atoms with Crippen LogP contribution < -0.4 is 10.2 Å². The summed E-state index contributed by atoms with van der Waals surface area (Å²) < 4.78 is 26.2. The maximum Gasteiger partial charge on any atom is 0.317 e. The van der Waals surface area contributed by atoms with Crippen LogP contribution in [0, 0.1) is 11.8 Å². The van der Waals surface area contributed by atoms with E-state index in [1.807, 2.05) is 11.8 Å². The molecule has 5 nitrogen and oxygen atoms in total. The molecule has 132 valence electrons. The number of aromatic nitrogens is 1. The first-order chi connectivity index (χ1) is 12.0. The SMILES string of the molecule is CC1CN(C(=O)NCc2ccc(F)cc2)CCN1c1cccc(F)n1. The predicted octanol–water partition coefficient (Wildman–Crippen LogP) is 2.78. The molecule has 1 aliphatic heterocycles. The molecule has 1 aliphatic rings. The van der Waals surface area contributed by atoms with Gasteiger partial charge in [0.1, 0.15) is 11.6 Å². The van der Waals surface area contributed by atoms with Gasteiger partial charge in [-0.25, -0.2) is 14.2 Å². The Bertz CT molecular complexity index is 738. The maximum atomic E-state index is 13.3. The first-order valence-electron chi connectivity index (χ1n) is 8.19. The minimum absolute atomic E-state index is 0.0274. The van der Waals surface area contributed by atoms with Gasteiger partial charge in [0.25, 0.3) is 0 Å². The second kappa shape index (κ2) is 7.46. The fraction of sp³-hybridized carbons (Fsp3) is 0.333. The quantitative estimate of drug-likeness (QED) is 0.870. The molecule has 1 unspecified atom stereocenters. The first-order valence-corrected chi connectivity index (χ1v) is 8.19. The Kier molecular flexibility index (Phi) is 5.11. The average Bonchev–Trinajstić information content (AvgIpc) is 2.61. The van der Waals surface area contributed by atoms with Crippen molar-refractivity contribution in [2.24, 2.45) is 0 Å². The van der Waals surface area contributed by atoms with Crippen LogP contribution in [0.15, 0.2) is 42.5 Å². The molecular weight excluding hydrogens is 326 g/mol. The Morgan fingerprint density at radius 3 is 2.64 bits per heavy atom. The number of hydrogen-bond acceptors (Lipinski definition) is 3. The van der Waals surface area contributed by atoms with Gasteiger partial charge in [-0.2, -0.15) is 4.39 Å². The molecule has 2 amide bonds. The maximum absolute atomic E-state index is 13.3. The summed E-state index contributed by atoms with van der Waals surface area (Å²) in [4.78, 5) is 20.0.